The van der Waals surface area contributed by atoms with Crippen molar-refractivity contribution in [2.45, 2.75) is 13.0 Å². The smallest absolute Gasteiger partial charge is 0.257 e. The molecule has 1 N–H and O–H groups in total. The Bertz CT molecular complexity index is 963. The Kier molecular flexibility index (Phi) is 3.88. The Hall–Kier alpha value is -2.53. The second kappa shape index (κ2) is 6.08. The number of amides is 1. The fraction of sp³-hybridized carbons (Fsp3) is 0.263. The fourth-order valence-corrected chi connectivity index (χ4v) is 3.62. The van der Waals surface area contributed by atoms with Gasteiger partial charge in [-0.2, -0.15) is 0 Å². The highest BCUT2D eigenvalue weighted by Gasteiger charge is 2.26. The molecule has 0 unspecified atom stereocenters. The minimum atomic E-state index is 0.0128. The van der Waals surface area contributed by atoms with E-state index in [0.717, 1.165) is 22.9 Å². The zero-order valence-corrected chi connectivity index (χ0v) is 15.0. The number of halogens is 1. The predicted molar refractivity (Wildman–Crippen MR) is 100 cm³/mol. The lowest BCUT2D eigenvalue weighted by Gasteiger charge is -2.28. The van der Waals surface area contributed by atoms with Crippen molar-refractivity contribution in [1.29, 1.82) is 0 Å². The van der Waals surface area contributed by atoms with Gasteiger partial charge in [-0.25, -0.2) is 4.98 Å². The van der Waals surface area contributed by atoms with Gasteiger partial charge < -0.3 is 14.8 Å². The summed E-state index contributed by atoms with van der Waals surface area (Å²) < 4.78 is 0. The standard InChI is InChI=1S/C19H19ClN4O/c1-23(2)18-13(4-3-8-21-18)19(25)24-9-7-17-15(11-24)14-10-12(20)5-6-16(14)22-17/h3-6,8,10,22H,7,9,11H2,1-2H3. The van der Waals surface area contributed by atoms with Crippen LogP contribution in [-0.4, -0.2) is 41.4 Å². The van der Waals surface area contributed by atoms with Gasteiger partial charge in [-0.05, 0) is 30.3 Å². The number of H-pyrrole nitrogens is 1. The van der Waals surface area contributed by atoms with Crippen LogP contribution in [0.15, 0.2) is 36.5 Å². The summed E-state index contributed by atoms with van der Waals surface area (Å²) in [6.45, 7) is 1.27. The molecule has 0 aliphatic carbocycles. The van der Waals surface area contributed by atoms with Crippen LogP contribution in [0.25, 0.3) is 10.9 Å². The van der Waals surface area contributed by atoms with E-state index >= 15 is 0 Å². The van der Waals surface area contributed by atoms with E-state index in [4.69, 9.17) is 11.6 Å². The van der Waals surface area contributed by atoms with Crippen molar-refractivity contribution in [3.63, 3.8) is 0 Å². The molecule has 1 aromatic carbocycles. The molecule has 25 heavy (non-hydrogen) atoms. The second-order valence-corrected chi connectivity index (χ2v) is 6.95. The van der Waals surface area contributed by atoms with Crippen molar-refractivity contribution in [2.75, 3.05) is 25.5 Å². The van der Waals surface area contributed by atoms with Crippen molar-refractivity contribution in [3.05, 3.63) is 58.4 Å². The molecule has 3 aromatic rings. The number of carbonyl (C=O) groups is 1. The number of aromatic amines is 1. The van der Waals surface area contributed by atoms with Gasteiger partial charge in [0.05, 0.1) is 5.56 Å². The third kappa shape index (κ3) is 2.74. The Balaban J connectivity index is 1.70. The van der Waals surface area contributed by atoms with Crippen molar-refractivity contribution < 1.29 is 4.79 Å². The monoisotopic (exact) mass is 354 g/mol. The molecule has 0 radical (unpaired) electrons. The normalized spacial score (nSPS) is 13.8. The van der Waals surface area contributed by atoms with E-state index in [1.807, 2.05) is 48.2 Å². The molecule has 5 nitrogen and oxygen atoms in total. The van der Waals surface area contributed by atoms with Crippen LogP contribution in [0.5, 0.6) is 0 Å². The predicted octanol–water partition coefficient (Wildman–Crippen LogP) is 3.48. The number of aromatic nitrogens is 2. The summed E-state index contributed by atoms with van der Waals surface area (Å²) in [6, 6.07) is 9.49. The molecule has 1 aliphatic heterocycles. The van der Waals surface area contributed by atoms with Crippen molar-refractivity contribution in [1.82, 2.24) is 14.9 Å². The zero-order valence-electron chi connectivity index (χ0n) is 14.2. The van der Waals surface area contributed by atoms with Crippen LogP contribution in [0.3, 0.4) is 0 Å². The van der Waals surface area contributed by atoms with E-state index in [1.54, 1.807) is 12.3 Å². The summed E-state index contributed by atoms with van der Waals surface area (Å²) in [5.74, 6) is 0.707. The van der Waals surface area contributed by atoms with Gasteiger partial charge in [0.25, 0.3) is 5.91 Å². The van der Waals surface area contributed by atoms with Crippen LogP contribution >= 0.6 is 11.6 Å². The molecule has 1 aliphatic rings. The summed E-state index contributed by atoms with van der Waals surface area (Å²) >= 11 is 6.16. The molecule has 1 amide bonds. The van der Waals surface area contributed by atoms with E-state index in [2.05, 4.69) is 9.97 Å². The highest BCUT2D eigenvalue weighted by Crippen LogP contribution is 2.30. The largest absolute Gasteiger partial charge is 0.362 e. The maximum atomic E-state index is 13.1. The number of benzene rings is 1. The quantitative estimate of drug-likeness (QED) is 0.766. The van der Waals surface area contributed by atoms with E-state index in [9.17, 15) is 4.79 Å². The first-order valence-electron chi connectivity index (χ1n) is 8.25. The highest BCUT2D eigenvalue weighted by molar-refractivity contribution is 6.31. The maximum absolute atomic E-state index is 13.1. The molecule has 3 heterocycles. The lowest BCUT2D eigenvalue weighted by molar-refractivity contribution is 0.0735. The second-order valence-electron chi connectivity index (χ2n) is 6.52. The third-order valence-corrected chi connectivity index (χ3v) is 4.90. The van der Waals surface area contributed by atoms with E-state index < -0.39 is 0 Å². The first kappa shape index (κ1) is 16.0. The molecule has 2 aromatic heterocycles. The average molecular weight is 355 g/mol. The van der Waals surface area contributed by atoms with Gasteiger partial charge in [-0.3, -0.25) is 4.79 Å². The summed E-state index contributed by atoms with van der Waals surface area (Å²) in [7, 11) is 3.80. The summed E-state index contributed by atoms with van der Waals surface area (Å²) in [5, 5.41) is 1.80. The van der Waals surface area contributed by atoms with Crippen LogP contribution in [0, 0.1) is 0 Å². The van der Waals surface area contributed by atoms with Gasteiger partial charge in [-0.1, -0.05) is 11.6 Å². The van der Waals surface area contributed by atoms with Gasteiger partial charge in [0.2, 0.25) is 0 Å². The summed E-state index contributed by atoms with van der Waals surface area (Å²) in [5.41, 5.74) is 4.06. The highest BCUT2D eigenvalue weighted by atomic mass is 35.5. The molecule has 0 fully saturated rings. The van der Waals surface area contributed by atoms with Gasteiger partial charge in [0.15, 0.2) is 0 Å². The van der Waals surface area contributed by atoms with Crippen LogP contribution in [0.1, 0.15) is 21.6 Å². The summed E-state index contributed by atoms with van der Waals surface area (Å²) in [4.78, 5) is 24.6. The Morgan fingerprint density at radius 1 is 1.32 bits per heavy atom. The molecular weight excluding hydrogens is 336 g/mol. The third-order valence-electron chi connectivity index (χ3n) is 4.67. The van der Waals surface area contributed by atoms with Crippen LogP contribution in [0.2, 0.25) is 5.02 Å². The molecule has 0 bridgehead atoms. The summed E-state index contributed by atoms with van der Waals surface area (Å²) in [6.07, 6.45) is 2.52. The molecule has 0 saturated carbocycles. The number of hydrogen-bond donors (Lipinski definition) is 1. The van der Waals surface area contributed by atoms with Crippen molar-refractivity contribution in [2.24, 2.45) is 0 Å². The average Bonchev–Trinajstić information content (AvgIpc) is 2.98. The number of nitrogens with one attached hydrogen (secondary N) is 1. The fourth-order valence-electron chi connectivity index (χ4n) is 3.45. The molecule has 6 heteroatoms. The first-order valence-corrected chi connectivity index (χ1v) is 8.63. The maximum Gasteiger partial charge on any atom is 0.257 e. The van der Waals surface area contributed by atoms with Gasteiger partial charge in [0, 0.05) is 67.0 Å². The SMILES string of the molecule is CN(C)c1ncccc1C(=O)N1CCc2[nH]c3ccc(Cl)cc3c2C1. The minimum absolute atomic E-state index is 0.0128. The number of anilines is 1. The molecular formula is C19H19ClN4O. The zero-order chi connectivity index (χ0) is 17.6. The van der Waals surface area contributed by atoms with E-state index in [0.29, 0.717) is 29.5 Å². The Morgan fingerprint density at radius 3 is 2.96 bits per heavy atom. The number of rotatable bonds is 2. The van der Waals surface area contributed by atoms with E-state index in [-0.39, 0.29) is 5.91 Å². The number of fused-ring (bicyclic) bond motifs is 3. The molecule has 0 spiro atoms. The molecule has 128 valence electrons. The topological polar surface area (TPSA) is 52.2 Å². The number of nitrogens with zero attached hydrogens (tertiary/aromatic N) is 3. The van der Waals surface area contributed by atoms with Gasteiger partial charge in [-0.15, -0.1) is 0 Å². The van der Waals surface area contributed by atoms with Crippen LogP contribution in [0.4, 0.5) is 5.82 Å². The van der Waals surface area contributed by atoms with Crippen molar-refractivity contribution >= 4 is 34.2 Å². The number of hydrogen-bond acceptors (Lipinski definition) is 3. The number of carbonyl (C=O) groups excluding carboxylic acids is 1. The first-order chi connectivity index (χ1) is 12.0. The lowest BCUT2D eigenvalue weighted by Crippen LogP contribution is -2.36. The molecule has 4 rings (SSSR count). The van der Waals surface area contributed by atoms with Crippen molar-refractivity contribution in [3.8, 4) is 0 Å². The lowest BCUT2D eigenvalue weighted by atomic mass is 10.0. The minimum Gasteiger partial charge on any atom is -0.362 e. The number of pyridine rings is 1. The Morgan fingerprint density at radius 2 is 2.16 bits per heavy atom. The van der Waals surface area contributed by atoms with Gasteiger partial charge >= 0.3 is 0 Å². The van der Waals surface area contributed by atoms with Crippen LogP contribution in [-0.2, 0) is 13.0 Å². The molecule has 0 atom stereocenters. The molecule has 0 saturated heterocycles. The van der Waals surface area contributed by atoms with Gasteiger partial charge in [0.1, 0.15) is 5.82 Å². The van der Waals surface area contributed by atoms with Crippen LogP contribution < -0.4 is 4.90 Å². The Labute approximate surface area is 151 Å². The van der Waals surface area contributed by atoms with E-state index in [1.165, 1.54) is 5.69 Å².